The van der Waals surface area contributed by atoms with Crippen LogP contribution in [0.15, 0.2) is 0 Å². The Morgan fingerprint density at radius 1 is 1.44 bits per heavy atom. The number of rotatable bonds is 6. The summed E-state index contributed by atoms with van der Waals surface area (Å²) >= 11 is 0. The zero-order valence-electron chi connectivity index (χ0n) is 11.5. The van der Waals surface area contributed by atoms with Crippen LogP contribution in [0.1, 0.15) is 52.4 Å². The molecule has 18 heavy (non-hydrogen) atoms. The van der Waals surface area contributed by atoms with Gasteiger partial charge in [-0.2, -0.15) is 5.26 Å². The molecule has 104 valence electrons. The molecule has 1 fully saturated rings. The molecule has 1 heterocycles. The minimum atomic E-state index is -3.16. The van der Waals surface area contributed by atoms with Crippen molar-refractivity contribution < 1.29 is 8.42 Å². The summed E-state index contributed by atoms with van der Waals surface area (Å²) < 4.78 is 26.0. The van der Waals surface area contributed by atoms with Gasteiger partial charge in [0.1, 0.15) is 0 Å². The highest BCUT2D eigenvalue weighted by molar-refractivity contribution is 7.89. The number of nitrogens with zero attached hydrogens (tertiary/aromatic N) is 2. The number of unbranched alkanes of at least 4 members (excludes halogenated alkanes) is 1. The topological polar surface area (TPSA) is 61.2 Å². The lowest BCUT2D eigenvalue weighted by molar-refractivity contribution is 0.153. The molecule has 0 saturated carbocycles. The molecule has 0 bridgehead atoms. The molecule has 0 unspecified atom stereocenters. The van der Waals surface area contributed by atoms with Crippen LogP contribution in [0.4, 0.5) is 0 Å². The molecule has 1 atom stereocenters. The first-order valence-electron chi connectivity index (χ1n) is 6.78. The fraction of sp³-hybridized carbons (Fsp3) is 0.923. The molecule has 0 radical (unpaired) electrons. The van der Waals surface area contributed by atoms with E-state index in [0.29, 0.717) is 25.9 Å². The summed E-state index contributed by atoms with van der Waals surface area (Å²) in [6, 6.07) is 2.00. The summed E-state index contributed by atoms with van der Waals surface area (Å²) in [5.74, 6) is 0.114. The second-order valence-corrected chi connectivity index (χ2v) is 7.66. The van der Waals surface area contributed by atoms with Crippen LogP contribution in [0, 0.1) is 16.7 Å². The van der Waals surface area contributed by atoms with E-state index in [0.717, 1.165) is 25.7 Å². The molecule has 0 aromatic rings. The lowest BCUT2D eigenvalue weighted by Gasteiger charge is -2.39. The third-order valence-corrected chi connectivity index (χ3v) is 5.59. The fourth-order valence-corrected chi connectivity index (χ4v) is 4.46. The van der Waals surface area contributed by atoms with Crippen molar-refractivity contribution >= 4 is 10.0 Å². The number of hydrogen-bond donors (Lipinski definition) is 0. The molecule has 0 spiro atoms. The Labute approximate surface area is 111 Å². The largest absolute Gasteiger partial charge is 0.214 e. The molecule has 1 aliphatic heterocycles. The molecular formula is C13H24N2O2S. The Hall–Kier alpha value is -0.600. The van der Waals surface area contributed by atoms with E-state index in [1.807, 2.05) is 6.07 Å². The molecule has 0 aromatic heterocycles. The summed E-state index contributed by atoms with van der Waals surface area (Å²) in [5, 5.41) is 8.47. The van der Waals surface area contributed by atoms with E-state index in [2.05, 4.69) is 13.8 Å². The first kappa shape index (κ1) is 15.5. The monoisotopic (exact) mass is 272 g/mol. The maximum Gasteiger partial charge on any atom is 0.214 e. The zero-order chi connectivity index (χ0) is 13.6. The van der Waals surface area contributed by atoms with Crippen LogP contribution < -0.4 is 0 Å². The van der Waals surface area contributed by atoms with E-state index >= 15 is 0 Å². The van der Waals surface area contributed by atoms with E-state index in [1.165, 1.54) is 0 Å². The third-order valence-electron chi connectivity index (χ3n) is 3.68. The summed E-state index contributed by atoms with van der Waals surface area (Å²) in [5.41, 5.74) is 0.134. The first-order chi connectivity index (χ1) is 8.43. The molecule has 5 heteroatoms. The van der Waals surface area contributed by atoms with E-state index in [-0.39, 0.29) is 11.2 Å². The van der Waals surface area contributed by atoms with Gasteiger partial charge >= 0.3 is 0 Å². The summed E-state index contributed by atoms with van der Waals surface area (Å²) in [7, 11) is -3.16. The Morgan fingerprint density at radius 3 is 2.78 bits per heavy atom. The Bertz CT molecular complexity index is 396. The van der Waals surface area contributed by atoms with Gasteiger partial charge in [0.05, 0.1) is 11.8 Å². The van der Waals surface area contributed by atoms with E-state index in [1.54, 1.807) is 4.31 Å². The Balaban J connectivity index is 2.63. The minimum Gasteiger partial charge on any atom is -0.212 e. The van der Waals surface area contributed by atoms with Crippen LogP contribution >= 0.6 is 0 Å². The smallest absolute Gasteiger partial charge is 0.212 e. The summed E-state index contributed by atoms with van der Waals surface area (Å²) in [4.78, 5) is 0. The van der Waals surface area contributed by atoms with E-state index < -0.39 is 10.0 Å². The molecule has 4 nitrogen and oxygen atoms in total. The quantitative estimate of drug-likeness (QED) is 0.698. The maximum atomic E-state index is 12.2. The van der Waals surface area contributed by atoms with Crippen molar-refractivity contribution in [2.24, 2.45) is 5.41 Å². The number of sulfonamides is 1. The van der Waals surface area contributed by atoms with Gasteiger partial charge in [0.25, 0.3) is 0 Å². The lowest BCUT2D eigenvalue weighted by atomic mass is 9.79. The average molecular weight is 272 g/mol. The molecule has 0 aliphatic carbocycles. The zero-order valence-corrected chi connectivity index (χ0v) is 12.3. The van der Waals surface area contributed by atoms with Crippen molar-refractivity contribution in [1.29, 1.82) is 5.26 Å². The van der Waals surface area contributed by atoms with Crippen LogP contribution in [0.5, 0.6) is 0 Å². The van der Waals surface area contributed by atoms with Gasteiger partial charge in [-0.25, -0.2) is 12.7 Å². The van der Waals surface area contributed by atoms with Crippen LogP contribution in [0.3, 0.4) is 0 Å². The Kier molecular flexibility index (Phi) is 5.61. The number of nitriles is 1. The van der Waals surface area contributed by atoms with Gasteiger partial charge in [-0.05, 0) is 31.1 Å². The highest BCUT2D eigenvalue weighted by Gasteiger charge is 2.35. The van der Waals surface area contributed by atoms with E-state index in [9.17, 15) is 8.42 Å². The van der Waals surface area contributed by atoms with Gasteiger partial charge in [-0.1, -0.05) is 20.3 Å². The second-order valence-electron chi connectivity index (χ2n) is 5.58. The van der Waals surface area contributed by atoms with Gasteiger partial charge in [0, 0.05) is 19.5 Å². The maximum absolute atomic E-state index is 12.2. The molecule has 1 rings (SSSR count). The van der Waals surface area contributed by atoms with Gasteiger partial charge in [-0.3, -0.25) is 0 Å². The number of hydrogen-bond acceptors (Lipinski definition) is 3. The fourth-order valence-electron chi connectivity index (χ4n) is 2.77. The molecule has 1 saturated heterocycles. The van der Waals surface area contributed by atoms with Crippen molar-refractivity contribution in [1.82, 2.24) is 4.31 Å². The third kappa shape index (κ3) is 4.25. The first-order valence-corrected chi connectivity index (χ1v) is 8.39. The highest BCUT2D eigenvalue weighted by Crippen LogP contribution is 2.35. The minimum absolute atomic E-state index is 0.114. The lowest BCUT2D eigenvalue weighted by Crippen LogP contribution is -2.45. The number of piperidine rings is 1. The predicted octanol–water partition coefficient (Wildman–Crippen LogP) is 2.52. The highest BCUT2D eigenvalue weighted by atomic mass is 32.2. The van der Waals surface area contributed by atoms with E-state index in [4.69, 9.17) is 5.26 Å². The SMILES string of the molecule is CCC[C@]1(C)CCCN(S(=O)(=O)CCCC#N)C1. The van der Waals surface area contributed by atoms with Crippen molar-refractivity contribution in [3.05, 3.63) is 0 Å². The molecule has 0 amide bonds. The molecule has 0 N–H and O–H groups in total. The molecular weight excluding hydrogens is 248 g/mol. The van der Waals surface area contributed by atoms with Crippen LogP contribution in [-0.4, -0.2) is 31.6 Å². The summed E-state index contributed by atoms with van der Waals surface area (Å²) in [6.07, 6.45) is 5.01. The van der Waals surface area contributed by atoms with Gasteiger partial charge in [0.15, 0.2) is 0 Å². The van der Waals surface area contributed by atoms with Crippen molar-refractivity contribution in [3.63, 3.8) is 0 Å². The van der Waals surface area contributed by atoms with Crippen molar-refractivity contribution in [2.75, 3.05) is 18.8 Å². The van der Waals surface area contributed by atoms with Crippen molar-refractivity contribution in [2.45, 2.75) is 52.4 Å². The Morgan fingerprint density at radius 2 is 2.17 bits per heavy atom. The van der Waals surface area contributed by atoms with Crippen LogP contribution in [0.2, 0.25) is 0 Å². The average Bonchev–Trinajstić information content (AvgIpc) is 2.29. The van der Waals surface area contributed by atoms with Crippen LogP contribution in [-0.2, 0) is 10.0 Å². The van der Waals surface area contributed by atoms with Crippen LogP contribution in [0.25, 0.3) is 0 Å². The standard InChI is InChI=1S/C13H24N2O2S/c1-3-7-13(2)8-6-10-15(12-13)18(16,17)11-5-4-9-14/h3-8,10-12H2,1-2H3/t13-/m1/s1. The predicted molar refractivity (Wildman–Crippen MR) is 72.5 cm³/mol. The normalized spacial score (nSPS) is 25.8. The van der Waals surface area contributed by atoms with Gasteiger partial charge < -0.3 is 0 Å². The van der Waals surface area contributed by atoms with Gasteiger partial charge in [-0.15, -0.1) is 0 Å². The van der Waals surface area contributed by atoms with Gasteiger partial charge in [0.2, 0.25) is 10.0 Å². The second kappa shape index (κ2) is 6.53. The summed E-state index contributed by atoms with van der Waals surface area (Å²) in [6.45, 7) is 5.63. The molecule has 0 aromatic carbocycles. The van der Waals surface area contributed by atoms with Crippen molar-refractivity contribution in [3.8, 4) is 6.07 Å². The molecule has 1 aliphatic rings.